The highest BCUT2D eigenvalue weighted by atomic mass is 16.5. The van der Waals surface area contributed by atoms with Crippen molar-refractivity contribution >= 4 is 16.9 Å². The van der Waals surface area contributed by atoms with Crippen LogP contribution in [0.3, 0.4) is 0 Å². The summed E-state index contributed by atoms with van der Waals surface area (Å²) in [6.45, 7) is 8.67. The third-order valence-electron chi connectivity index (χ3n) is 4.42. The summed E-state index contributed by atoms with van der Waals surface area (Å²) in [5, 5.41) is 0.862. The van der Waals surface area contributed by atoms with Crippen LogP contribution in [0.15, 0.2) is 46.9 Å². The Morgan fingerprint density at radius 1 is 1.12 bits per heavy atom. The number of hydrogen-bond acceptors (Lipinski definition) is 4. The van der Waals surface area contributed by atoms with Gasteiger partial charge in [0.15, 0.2) is 0 Å². The van der Waals surface area contributed by atoms with Gasteiger partial charge in [-0.2, -0.15) is 0 Å². The average molecular weight is 352 g/mol. The van der Waals surface area contributed by atoms with Crippen LogP contribution >= 0.6 is 0 Å². The summed E-state index contributed by atoms with van der Waals surface area (Å²) in [6, 6.07) is 13.4. The molecule has 0 saturated carbocycles. The summed E-state index contributed by atoms with van der Waals surface area (Å²) in [4.78, 5) is 12.7. The van der Waals surface area contributed by atoms with E-state index in [1.54, 1.807) is 7.11 Å². The molecular formula is C22H24O4. The van der Waals surface area contributed by atoms with Gasteiger partial charge in [-0.3, -0.25) is 0 Å². The zero-order valence-electron chi connectivity index (χ0n) is 15.9. The van der Waals surface area contributed by atoms with Gasteiger partial charge in [0.1, 0.15) is 11.3 Å². The van der Waals surface area contributed by atoms with Crippen molar-refractivity contribution in [3.63, 3.8) is 0 Å². The molecule has 0 spiro atoms. The first kappa shape index (κ1) is 18.2. The molecule has 3 rings (SSSR count). The lowest BCUT2D eigenvalue weighted by Crippen LogP contribution is -2.13. The van der Waals surface area contributed by atoms with E-state index in [1.807, 2.05) is 43.3 Å². The van der Waals surface area contributed by atoms with Crippen LogP contribution in [0, 0.1) is 6.92 Å². The second-order valence-electron chi connectivity index (χ2n) is 7.46. The number of aryl methyl sites for hydroxylation is 1. The van der Waals surface area contributed by atoms with Crippen LogP contribution in [0.2, 0.25) is 0 Å². The second kappa shape index (κ2) is 6.96. The van der Waals surface area contributed by atoms with Crippen molar-refractivity contribution < 1.29 is 18.7 Å². The highest BCUT2D eigenvalue weighted by molar-refractivity contribution is 5.97. The predicted molar refractivity (Wildman–Crippen MR) is 102 cm³/mol. The van der Waals surface area contributed by atoms with Gasteiger partial charge in [0, 0.05) is 18.1 Å². The quantitative estimate of drug-likeness (QED) is 0.466. The molecule has 0 aliphatic rings. The molecule has 1 aromatic heterocycles. The van der Waals surface area contributed by atoms with Crippen molar-refractivity contribution in [3.8, 4) is 5.75 Å². The first-order valence-electron chi connectivity index (χ1n) is 8.64. The number of ether oxygens (including phenoxy) is 2. The molecule has 0 fully saturated rings. The van der Waals surface area contributed by atoms with Gasteiger partial charge >= 0.3 is 5.97 Å². The van der Waals surface area contributed by atoms with E-state index in [2.05, 4.69) is 26.8 Å². The lowest BCUT2D eigenvalue weighted by atomic mass is 9.86. The number of benzene rings is 2. The van der Waals surface area contributed by atoms with Crippen LogP contribution in [-0.4, -0.2) is 13.1 Å². The smallest absolute Gasteiger partial charge is 0.380 e. The number of furan rings is 1. The average Bonchev–Trinajstić information content (AvgIpc) is 2.95. The van der Waals surface area contributed by atoms with Gasteiger partial charge in [0.2, 0.25) is 5.76 Å². The highest BCUT2D eigenvalue weighted by Gasteiger charge is 2.23. The van der Waals surface area contributed by atoms with Gasteiger partial charge in [-0.15, -0.1) is 0 Å². The van der Waals surface area contributed by atoms with E-state index in [9.17, 15) is 4.79 Å². The van der Waals surface area contributed by atoms with E-state index in [0.717, 1.165) is 10.9 Å². The van der Waals surface area contributed by atoms with Crippen molar-refractivity contribution in [2.24, 2.45) is 0 Å². The van der Waals surface area contributed by atoms with E-state index in [-0.39, 0.29) is 17.8 Å². The number of para-hydroxylation sites is 1. The molecule has 1 heterocycles. The molecule has 2 aromatic carbocycles. The summed E-state index contributed by atoms with van der Waals surface area (Å²) >= 11 is 0. The van der Waals surface area contributed by atoms with Gasteiger partial charge in [0.25, 0.3) is 0 Å². The predicted octanol–water partition coefficient (Wildman–Crippen LogP) is 5.40. The van der Waals surface area contributed by atoms with Crippen LogP contribution < -0.4 is 4.74 Å². The maximum Gasteiger partial charge on any atom is 0.380 e. The minimum atomic E-state index is -0.514. The summed E-state index contributed by atoms with van der Waals surface area (Å²) in [7, 11) is 1.59. The molecule has 0 radical (unpaired) electrons. The fourth-order valence-corrected chi connectivity index (χ4v) is 2.93. The van der Waals surface area contributed by atoms with E-state index < -0.39 is 5.97 Å². The maximum atomic E-state index is 12.7. The normalized spacial score (nSPS) is 11.7. The zero-order chi connectivity index (χ0) is 18.9. The van der Waals surface area contributed by atoms with Gasteiger partial charge in [-0.25, -0.2) is 4.79 Å². The van der Waals surface area contributed by atoms with Gasteiger partial charge in [-0.05, 0) is 35.6 Å². The molecule has 3 aromatic rings. The number of carbonyl (C=O) groups is 1. The topological polar surface area (TPSA) is 48.7 Å². The second-order valence-corrected chi connectivity index (χ2v) is 7.46. The summed E-state index contributed by atoms with van der Waals surface area (Å²) in [5.41, 5.74) is 3.50. The Morgan fingerprint density at radius 3 is 2.50 bits per heavy atom. The van der Waals surface area contributed by atoms with Crippen LogP contribution in [0.4, 0.5) is 0 Å². The maximum absolute atomic E-state index is 12.7. The number of carbonyl (C=O) groups excluding carboxylic acids is 1. The SMILES string of the molecule is COCc1c(C(=O)Oc2ccc(C(C)(C)C)cc2C)oc2ccccc12. The number of methoxy groups -OCH3 is 1. The molecule has 0 aliphatic carbocycles. The third-order valence-corrected chi connectivity index (χ3v) is 4.42. The van der Waals surface area contributed by atoms with E-state index in [1.165, 1.54) is 5.56 Å². The number of hydrogen-bond donors (Lipinski definition) is 0. The molecule has 4 heteroatoms. The van der Waals surface area contributed by atoms with Crippen LogP contribution in [-0.2, 0) is 16.8 Å². The van der Waals surface area contributed by atoms with Crippen molar-refractivity contribution in [3.05, 3.63) is 64.9 Å². The first-order valence-corrected chi connectivity index (χ1v) is 8.64. The highest BCUT2D eigenvalue weighted by Crippen LogP contribution is 2.30. The van der Waals surface area contributed by atoms with Gasteiger partial charge < -0.3 is 13.9 Å². The molecule has 4 nitrogen and oxygen atoms in total. The molecule has 0 aliphatic heterocycles. The molecule has 0 unspecified atom stereocenters. The standard InChI is InChI=1S/C22H24O4/c1-14-12-15(22(2,3)4)10-11-18(14)26-21(23)20-17(13-24-5)16-8-6-7-9-19(16)25-20/h6-12H,13H2,1-5H3. The van der Waals surface area contributed by atoms with Crippen molar-refractivity contribution in [2.75, 3.05) is 7.11 Å². The van der Waals surface area contributed by atoms with Crippen LogP contribution in [0.25, 0.3) is 11.0 Å². The Balaban J connectivity index is 1.93. The summed E-state index contributed by atoms with van der Waals surface area (Å²) in [6.07, 6.45) is 0. The lowest BCUT2D eigenvalue weighted by Gasteiger charge is -2.20. The molecule has 0 N–H and O–H groups in total. The fourth-order valence-electron chi connectivity index (χ4n) is 2.93. The summed E-state index contributed by atoms with van der Waals surface area (Å²) < 4.78 is 16.6. The Bertz CT molecular complexity index is 944. The fraction of sp³-hybridized carbons (Fsp3) is 0.318. The van der Waals surface area contributed by atoms with Crippen molar-refractivity contribution in [1.29, 1.82) is 0 Å². The number of esters is 1. The first-order chi connectivity index (χ1) is 12.3. The van der Waals surface area contributed by atoms with Crippen molar-refractivity contribution in [2.45, 2.75) is 39.7 Å². The molecule has 136 valence electrons. The minimum Gasteiger partial charge on any atom is -0.449 e. The Kier molecular flexibility index (Phi) is 4.88. The molecule has 0 bridgehead atoms. The Labute approximate surface area is 153 Å². The monoisotopic (exact) mass is 352 g/mol. The lowest BCUT2D eigenvalue weighted by molar-refractivity contribution is 0.0696. The largest absolute Gasteiger partial charge is 0.449 e. The van der Waals surface area contributed by atoms with Gasteiger partial charge in [-0.1, -0.05) is 51.1 Å². The molecule has 0 saturated heterocycles. The molecule has 26 heavy (non-hydrogen) atoms. The van der Waals surface area contributed by atoms with E-state index >= 15 is 0 Å². The van der Waals surface area contributed by atoms with E-state index in [4.69, 9.17) is 13.9 Å². The Morgan fingerprint density at radius 2 is 1.85 bits per heavy atom. The third kappa shape index (κ3) is 3.51. The summed E-state index contributed by atoms with van der Waals surface area (Å²) in [5.74, 6) is 0.207. The molecular weight excluding hydrogens is 328 g/mol. The van der Waals surface area contributed by atoms with Crippen LogP contribution in [0.1, 0.15) is 48.0 Å². The van der Waals surface area contributed by atoms with Crippen LogP contribution in [0.5, 0.6) is 5.75 Å². The Hall–Kier alpha value is -2.59. The number of rotatable bonds is 4. The van der Waals surface area contributed by atoms with Crippen molar-refractivity contribution in [1.82, 2.24) is 0 Å². The zero-order valence-corrected chi connectivity index (χ0v) is 15.9. The molecule has 0 atom stereocenters. The van der Waals surface area contributed by atoms with E-state index in [0.29, 0.717) is 16.9 Å². The molecule has 0 amide bonds. The minimum absolute atomic E-state index is 0.0394. The van der Waals surface area contributed by atoms with Gasteiger partial charge in [0.05, 0.1) is 6.61 Å². The number of fused-ring (bicyclic) bond motifs is 1.